The Hall–Kier alpha value is -3.19. The Labute approximate surface area is 188 Å². The topological polar surface area (TPSA) is 62.2 Å². The van der Waals surface area contributed by atoms with Crippen molar-refractivity contribution in [2.75, 3.05) is 11.9 Å². The number of thiocarbonyl (C=S) groups is 1. The second-order valence-corrected chi connectivity index (χ2v) is 8.09. The Morgan fingerprint density at radius 2 is 2.06 bits per heavy atom. The van der Waals surface area contributed by atoms with Crippen molar-refractivity contribution in [1.29, 1.82) is 0 Å². The van der Waals surface area contributed by atoms with Crippen LogP contribution in [0.2, 0.25) is 0 Å². The van der Waals surface area contributed by atoms with Crippen LogP contribution in [0.4, 0.5) is 5.69 Å². The van der Waals surface area contributed by atoms with E-state index in [1.165, 1.54) is 0 Å². The highest BCUT2D eigenvalue weighted by molar-refractivity contribution is 7.80. The van der Waals surface area contributed by atoms with Gasteiger partial charge in [0.1, 0.15) is 0 Å². The first-order valence-corrected chi connectivity index (χ1v) is 11.0. The summed E-state index contributed by atoms with van der Waals surface area (Å²) in [6.07, 6.45) is 4.22. The van der Waals surface area contributed by atoms with E-state index in [9.17, 15) is 4.79 Å². The van der Waals surface area contributed by atoms with Crippen LogP contribution in [0.3, 0.4) is 0 Å². The summed E-state index contributed by atoms with van der Waals surface area (Å²) >= 11 is 5.69. The first-order chi connectivity index (χ1) is 15.1. The van der Waals surface area contributed by atoms with E-state index in [1.54, 1.807) is 6.20 Å². The van der Waals surface area contributed by atoms with Crippen LogP contribution in [0, 0.1) is 6.92 Å². The molecule has 0 saturated carbocycles. The smallest absolute Gasteiger partial charge is 0.226 e. The molecule has 3 aromatic rings. The zero-order chi connectivity index (χ0) is 21.8. The fourth-order valence-corrected chi connectivity index (χ4v) is 4.45. The average Bonchev–Trinajstić information content (AvgIpc) is 3.36. The van der Waals surface area contributed by atoms with Crippen LogP contribution >= 0.6 is 12.2 Å². The number of rotatable bonds is 7. The third kappa shape index (κ3) is 4.61. The second-order valence-electron chi connectivity index (χ2n) is 7.71. The molecule has 1 fully saturated rings. The number of amides is 1. The van der Waals surface area contributed by atoms with Crippen molar-refractivity contribution in [2.45, 2.75) is 38.9 Å². The summed E-state index contributed by atoms with van der Waals surface area (Å²) in [6.45, 7) is 5.52. The van der Waals surface area contributed by atoms with Crippen molar-refractivity contribution in [3.63, 3.8) is 0 Å². The van der Waals surface area contributed by atoms with Gasteiger partial charge in [-0.1, -0.05) is 18.2 Å². The highest BCUT2D eigenvalue weighted by Crippen LogP contribution is 2.38. The van der Waals surface area contributed by atoms with Gasteiger partial charge in [0.2, 0.25) is 5.91 Å². The molecular formula is C24H27N5OS. The van der Waals surface area contributed by atoms with Crippen LogP contribution in [0.1, 0.15) is 42.4 Å². The number of nitrogens with one attached hydrogen (secondary N) is 2. The van der Waals surface area contributed by atoms with E-state index in [0.29, 0.717) is 18.1 Å². The van der Waals surface area contributed by atoms with Crippen molar-refractivity contribution >= 4 is 28.9 Å². The highest BCUT2D eigenvalue weighted by Gasteiger charge is 2.40. The van der Waals surface area contributed by atoms with Gasteiger partial charge in [-0.15, -0.1) is 0 Å². The van der Waals surface area contributed by atoms with Gasteiger partial charge in [-0.05, 0) is 68.0 Å². The van der Waals surface area contributed by atoms with Gasteiger partial charge in [-0.3, -0.25) is 9.78 Å². The molecule has 2 atom stereocenters. The molecule has 2 unspecified atom stereocenters. The molecule has 2 aromatic heterocycles. The van der Waals surface area contributed by atoms with Crippen molar-refractivity contribution in [2.24, 2.45) is 0 Å². The van der Waals surface area contributed by atoms with Crippen LogP contribution in [0.15, 0.2) is 67.0 Å². The number of hydrogen-bond donors (Lipinski definition) is 2. The maximum Gasteiger partial charge on any atom is 0.226 e. The molecule has 1 saturated heterocycles. The van der Waals surface area contributed by atoms with E-state index >= 15 is 0 Å². The third-order valence-electron chi connectivity index (χ3n) is 5.59. The summed E-state index contributed by atoms with van der Waals surface area (Å²) < 4.78 is 2.22. The van der Waals surface area contributed by atoms with E-state index < -0.39 is 0 Å². The molecule has 3 heterocycles. The zero-order valence-corrected chi connectivity index (χ0v) is 18.6. The Morgan fingerprint density at radius 1 is 1.19 bits per heavy atom. The summed E-state index contributed by atoms with van der Waals surface area (Å²) in [7, 11) is 0. The quantitative estimate of drug-likeness (QED) is 0.547. The maximum absolute atomic E-state index is 12.6. The molecule has 0 radical (unpaired) electrons. The highest BCUT2D eigenvalue weighted by atomic mass is 32.1. The Kier molecular flexibility index (Phi) is 6.32. The maximum atomic E-state index is 12.6. The van der Waals surface area contributed by atoms with Crippen LogP contribution in [0.5, 0.6) is 0 Å². The lowest BCUT2D eigenvalue weighted by Crippen LogP contribution is -2.33. The van der Waals surface area contributed by atoms with E-state index in [-0.39, 0.29) is 18.0 Å². The van der Waals surface area contributed by atoms with E-state index in [2.05, 4.69) is 50.3 Å². The number of anilines is 1. The second kappa shape index (κ2) is 9.31. The number of hydrogen-bond acceptors (Lipinski definition) is 3. The molecule has 1 aliphatic rings. The average molecular weight is 434 g/mol. The first-order valence-electron chi connectivity index (χ1n) is 10.6. The van der Waals surface area contributed by atoms with Crippen molar-refractivity contribution in [3.05, 3.63) is 83.9 Å². The van der Waals surface area contributed by atoms with Gasteiger partial charge in [0.25, 0.3) is 0 Å². The minimum Gasteiger partial charge on any atom is -0.352 e. The Bertz CT molecular complexity index is 1060. The van der Waals surface area contributed by atoms with Crippen LogP contribution in [0.25, 0.3) is 0 Å². The lowest BCUT2D eigenvalue weighted by atomic mass is 10.0. The van der Waals surface area contributed by atoms with Gasteiger partial charge in [0.05, 0.1) is 17.8 Å². The lowest BCUT2D eigenvalue weighted by Gasteiger charge is -2.28. The van der Waals surface area contributed by atoms with Gasteiger partial charge in [-0.2, -0.15) is 0 Å². The number of pyridine rings is 1. The summed E-state index contributed by atoms with van der Waals surface area (Å²) in [5.41, 5.74) is 4.02. The minimum atomic E-state index is -0.0752. The van der Waals surface area contributed by atoms with Crippen LogP contribution in [-0.4, -0.2) is 32.0 Å². The van der Waals surface area contributed by atoms with E-state index in [0.717, 1.165) is 29.2 Å². The molecule has 4 rings (SSSR count). The number of nitrogens with zero attached hydrogens (tertiary/aromatic N) is 3. The molecule has 0 bridgehead atoms. The van der Waals surface area contributed by atoms with Gasteiger partial charge in [-0.25, -0.2) is 0 Å². The largest absolute Gasteiger partial charge is 0.352 e. The molecule has 1 amide bonds. The summed E-state index contributed by atoms with van der Waals surface area (Å²) in [6, 6.07) is 17.8. The molecule has 7 heteroatoms. The molecule has 0 spiro atoms. The van der Waals surface area contributed by atoms with Gasteiger partial charge in [0, 0.05) is 43.3 Å². The van der Waals surface area contributed by atoms with Crippen LogP contribution in [-0.2, 0) is 11.3 Å². The molecule has 1 aromatic carbocycles. The fourth-order valence-electron chi connectivity index (χ4n) is 4.12. The summed E-state index contributed by atoms with van der Waals surface area (Å²) in [4.78, 5) is 19.3. The molecule has 31 heavy (non-hydrogen) atoms. The van der Waals surface area contributed by atoms with Crippen molar-refractivity contribution in [1.82, 2.24) is 19.8 Å². The minimum absolute atomic E-state index is 0.0284. The van der Waals surface area contributed by atoms with Gasteiger partial charge < -0.3 is 20.1 Å². The van der Waals surface area contributed by atoms with E-state index in [4.69, 9.17) is 12.2 Å². The van der Waals surface area contributed by atoms with Crippen LogP contribution < -0.4 is 10.6 Å². The fraction of sp³-hybridized carbons (Fsp3) is 0.292. The normalized spacial score (nSPS) is 18.1. The number of aryl methyl sites for hydroxylation is 2. The monoisotopic (exact) mass is 433 g/mol. The Balaban J connectivity index is 1.54. The SMILES string of the molecule is CCn1cccc1C1C(c2ccccn2)NC(=S)N1CCC(=O)Nc1cccc(C)c1. The molecule has 6 nitrogen and oxygen atoms in total. The summed E-state index contributed by atoms with van der Waals surface area (Å²) in [5, 5.41) is 7.08. The predicted octanol–water partition coefficient (Wildman–Crippen LogP) is 4.21. The number of benzene rings is 1. The van der Waals surface area contributed by atoms with Crippen molar-refractivity contribution in [3.8, 4) is 0 Å². The molecule has 0 aliphatic carbocycles. The van der Waals surface area contributed by atoms with Crippen molar-refractivity contribution < 1.29 is 4.79 Å². The van der Waals surface area contributed by atoms with E-state index in [1.807, 2.05) is 49.4 Å². The summed E-state index contributed by atoms with van der Waals surface area (Å²) in [5.74, 6) is -0.0284. The standard InChI is InChI=1S/C24H27N5OS/c1-3-28-14-7-11-20(28)23-22(19-10-4-5-13-25-19)27-24(31)29(23)15-12-21(30)26-18-9-6-8-17(2)16-18/h4-11,13-14,16,22-23H,3,12,15H2,1-2H3,(H,26,30)(H,27,31). The molecular weight excluding hydrogens is 406 g/mol. The molecule has 160 valence electrons. The first kappa shape index (κ1) is 21.1. The Morgan fingerprint density at radius 3 is 2.81 bits per heavy atom. The lowest BCUT2D eigenvalue weighted by molar-refractivity contribution is -0.116. The molecule has 1 aliphatic heterocycles. The zero-order valence-electron chi connectivity index (χ0n) is 17.8. The third-order valence-corrected chi connectivity index (χ3v) is 5.94. The van der Waals surface area contributed by atoms with Gasteiger partial charge >= 0.3 is 0 Å². The number of carbonyl (C=O) groups is 1. The predicted molar refractivity (Wildman–Crippen MR) is 127 cm³/mol. The van der Waals surface area contributed by atoms with Gasteiger partial charge in [0.15, 0.2) is 5.11 Å². The number of aromatic nitrogens is 2. The number of carbonyl (C=O) groups excluding carboxylic acids is 1. The molecule has 2 N–H and O–H groups in total.